The van der Waals surface area contributed by atoms with Gasteiger partial charge in [-0.3, -0.25) is 4.79 Å². The van der Waals surface area contributed by atoms with E-state index in [1.165, 1.54) is 4.88 Å². The lowest BCUT2D eigenvalue weighted by molar-refractivity contribution is -0.117. The number of hydrogen-bond acceptors (Lipinski definition) is 3. The van der Waals surface area contributed by atoms with Gasteiger partial charge >= 0.3 is 0 Å². The number of amides is 1. The van der Waals surface area contributed by atoms with E-state index in [4.69, 9.17) is 0 Å². The van der Waals surface area contributed by atoms with Gasteiger partial charge in [-0.25, -0.2) is 0 Å². The molecule has 0 radical (unpaired) electrons. The quantitative estimate of drug-likeness (QED) is 0.901. The molecule has 1 amide bonds. The average Bonchev–Trinajstić information content (AvgIpc) is 3.13. The molecule has 1 aromatic heterocycles. The van der Waals surface area contributed by atoms with Gasteiger partial charge in [0, 0.05) is 16.1 Å². The van der Waals surface area contributed by atoms with Crippen LogP contribution in [0, 0.1) is 0 Å². The van der Waals surface area contributed by atoms with Crippen LogP contribution in [0.25, 0.3) is 10.4 Å². The summed E-state index contributed by atoms with van der Waals surface area (Å²) in [5, 5.41) is 8.32. The minimum atomic E-state index is -0.0450. The smallest absolute Gasteiger partial charge is 0.241 e. The molecule has 2 N–H and O–H groups in total. The number of carbonyl (C=O) groups is 1. The second-order valence-electron chi connectivity index (χ2n) is 4.66. The van der Waals surface area contributed by atoms with Crippen molar-refractivity contribution in [3.8, 4) is 10.4 Å². The van der Waals surface area contributed by atoms with Gasteiger partial charge in [-0.15, -0.1) is 11.3 Å². The van der Waals surface area contributed by atoms with Crippen LogP contribution in [-0.4, -0.2) is 18.5 Å². The van der Waals surface area contributed by atoms with Crippen LogP contribution >= 0.6 is 11.3 Å². The van der Waals surface area contributed by atoms with E-state index in [-0.39, 0.29) is 11.9 Å². The highest BCUT2D eigenvalue weighted by Gasteiger charge is 2.22. The van der Waals surface area contributed by atoms with Crippen molar-refractivity contribution in [2.24, 2.45) is 0 Å². The number of anilines is 1. The first kappa shape index (κ1) is 12.4. The molecule has 1 aromatic carbocycles. The summed E-state index contributed by atoms with van der Waals surface area (Å²) in [6.45, 7) is 0.935. The molecular weight excluding hydrogens is 256 g/mol. The van der Waals surface area contributed by atoms with E-state index < -0.39 is 0 Å². The SMILES string of the molecule is O=C(Nc1ccccc1-c1cccs1)[C@@H]1CCCN1. The maximum absolute atomic E-state index is 12.2. The van der Waals surface area contributed by atoms with Crippen molar-refractivity contribution in [1.29, 1.82) is 0 Å². The van der Waals surface area contributed by atoms with Crippen LogP contribution in [0.3, 0.4) is 0 Å². The summed E-state index contributed by atoms with van der Waals surface area (Å²) in [7, 11) is 0. The molecule has 98 valence electrons. The molecule has 2 aromatic rings. The number of carbonyl (C=O) groups excluding carboxylic acids is 1. The van der Waals surface area contributed by atoms with Crippen molar-refractivity contribution in [2.45, 2.75) is 18.9 Å². The van der Waals surface area contributed by atoms with Crippen molar-refractivity contribution >= 4 is 22.9 Å². The Kier molecular flexibility index (Phi) is 3.62. The zero-order valence-electron chi connectivity index (χ0n) is 10.6. The molecule has 3 rings (SSSR count). The van der Waals surface area contributed by atoms with Crippen molar-refractivity contribution in [3.63, 3.8) is 0 Å². The molecule has 0 saturated carbocycles. The Morgan fingerprint density at radius 1 is 1.26 bits per heavy atom. The Hall–Kier alpha value is -1.65. The van der Waals surface area contributed by atoms with Gasteiger partial charge in [0.15, 0.2) is 0 Å². The van der Waals surface area contributed by atoms with Crippen LogP contribution in [0.2, 0.25) is 0 Å². The van der Waals surface area contributed by atoms with Crippen LogP contribution in [0.5, 0.6) is 0 Å². The van der Waals surface area contributed by atoms with E-state index in [2.05, 4.69) is 16.7 Å². The topological polar surface area (TPSA) is 41.1 Å². The van der Waals surface area contributed by atoms with E-state index in [0.717, 1.165) is 30.6 Å². The Morgan fingerprint density at radius 3 is 2.89 bits per heavy atom. The van der Waals surface area contributed by atoms with Gasteiger partial charge in [-0.05, 0) is 36.9 Å². The molecule has 1 fully saturated rings. The Balaban J connectivity index is 1.83. The molecule has 1 atom stereocenters. The van der Waals surface area contributed by atoms with Gasteiger partial charge in [0.25, 0.3) is 0 Å². The van der Waals surface area contributed by atoms with E-state index in [9.17, 15) is 4.79 Å². The minimum Gasteiger partial charge on any atom is -0.324 e. The monoisotopic (exact) mass is 272 g/mol. The number of thiophene rings is 1. The molecule has 1 aliphatic rings. The van der Waals surface area contributed by atoms with Crippen LogP contribution < -0.4 is 10.6 Å². The van der Waals surface area contributed by atoms with E-state index in [1.54, 1.807) is 11.3 Å². The molecule has 1 aliphatic heterocycles. The van der Waals surface area contributed by atoms with Crippen molar-refractivity contribution in [3.05, 3.63) is 41.8 Å². The first-order valence-electron chi connectivity index (χ1n) is 6.52. The fourth-order valence-corrected chi connectivity index (χ4v) is 3.13. The normalized spacial score (nSPS) is 18.4. The number of rotatable bonds is 3. The maximum Gasteiger partial charge on any atom is 0.241 e. The predicted octanol–water partition coefficient (Wildman–Crippen LogP) is 3.11. The molecule has 19 heavy (non-hydrogen) atoms. The molecule has 3 nitrogen and oxygen atoms in total. The molecule has 0 unspecified atom stereocenters. The molecular formula is C15H16N2OS. The zero-order valence-corrected chi connectivity index (χ0v) is 11.4. The highest BCUT2D eigenvalue weighted by Crippen LogP contribution is 2.31. The Labute approximate surface area is 116 Å². The van der Waals surface area contributed by atoms with Gasteiger partial charge in [-0.1, -0.05) is 24.3 Å². The summed E-state index contributed by atoms with van der Waals surface area (Å²) in [5.41, 5.74) is 1.98. The molecule has 0 bridgehead atoms. The fraction of sp³-hybridized carbons (Fsp3) is 0.267. The van der Waals surface area contributed by atoms with Crippen molar-refractivity contribution < 1.29 is 4.79 Å². The second-order valence-corrected chi connectivity index (χ2v) is 5.61. The first-order chi connectivity index (χ1) is 9.34. The van der Waals surface area contributed by atoms with Crippen LogP contribution in [0.1, 0.15) is 12.8 Å². The number of hydrogen-bond donors (Lipinski definition) is 2. The zero-order chi connectivity index (χ0) is 13.1. The largest absolute Gasteiger partial charge is 0.324 e. The molecule has 4 heteroatoms. The number of para-hydroxylation sites is 1. The Morgan fingerprint density at radius 2 is 2.16 bits per heavy atom. The van der Waals surface area contributed by atoms with Crippen LogP contribution in [0.15, 0.2) is 41.8 Å². The third-order valence-electron chi connectivity index (χ3n) is 3.35. The van der Waals surface area contributed by atoms with E-state index in [1.807, 2.05) is 35.7 Å². The molecule has 0 spiro atoms. The highest BCUT2D eigenvalue weighted by molar-refractivity contribution is 7.13. The van der Waals surface area contributed by atoms with Crippen LogP contribution in [0.4, 0.5) is 5.69 Å². The van der Waals surface area contributed by atoms with E-state index >= 15 is 0 Å². The number of benzene rings is 1. The standard InChI is InChI=1S/C15H16N2OS/c18-15(13-7-3-9-16-13)17-12-6-2-1-5-11(12)14-8-4-10-19-14/h1-2,4-6,8,10,13,16H,3,7,9H2,(H,17,18)/t13-/m0/s1. The predicted molar refractivity (Wildman–Crippen MR) is 79.4 cm³/mol. The summed E-state index contributed by atoms with van der Waals surface area (Å²) in [4.78, 5) is 13.3. The first-order valence-corrected chi connectivity index (χ1v) is 7.40. The third kappa shape index (κ3) is 2.69. The van der Waals surface area contributed by atoms with Crippen LogP contribution in [-0.2, 0) is 4.79 Å². The maximum atomic E-state index is 12.2. The summed E-state index contributed by atoms with van der Waals surface area (Å²) in [5.74, 6) is 0.0708. The summed E-state index contributed by atoms with van der Waals surface area (Å²) >= 11 is 1.68. The molecule has 0 aliphatic carbocycles. The summed E-state index contributed by atoms with van der Waals surface area (Å²) < 4.78 is 0. The lowest BCUT2D eigenvalue weighted by Gasteiger charge is -2.13. The highest BCUT2D eigenvalue weighted by atomic mass is 32.1. The molecule has 2 heterocycles. The van der Waals surface area contributed by atoms with Crippen molar-refractivity contribution in [2.75, 3.05) is 11.9 Å². The number of nitrogens with one attached hydrogen (secondary N) is 2. The van der Waals surface area contributed by atoms with Gasteiger partial charge in [0.1, 0.15) is 0 Å². The second kappa shape index (κ2) is 5.55. The van der Waals surface area contributed by atoms with Gasteiger partial charge in [0.2, 0.25) is 5.91 Å². The molecule has 1 saturated heterocycles. The Bertz CT molecular complexity index is 559. The van der Waals surface area contributed by atoms with Gasteiger partial charge in [0.05, 0.1) is 6.04 Å². The lowest BCUT2D eigenvalue weighted by Crippen LogP contribution is -2.35. The van der Waals surface area contributed by atoms with Gasteiger partial charge < -0.3 is 10.6 Å². The fourth-order valence-electron chi connectivity index (χ4n) is 2.37. The van der Waals surface area contributed by atoms with E-state index in [0.29, 0.717) is 0 Å². The summed E-state index contributed by atoms with van der Waals surface area (Å²) in [6.07, 6.45) is 2.00. The average molecular weight is 272 g/mol. The van der Waals surface area contributed by atoms with Gasteiger partial charge in [-0.2, -0.15) is 0 Å². The minimum absolute atomic E-state index is 0.0450. The lowest BCUT2D eigenvalue weighted by atomic mass is 10.1. The summed E-state index contributed by atoms with van der Waals surface area (Å²) in [6, 6.07) is 12.0. The van der Waals surface area contributed by atoms with Crippen molar-refractivity contribution in [1.82, 2.24) is 5.32 Å². The third-order valence-corrected chi connectivity index (χ3v) is 4.25.